The second-order valence-corrected chi connectivity index (χ2v) is 4.10. The van der Waals surface area contributed by atoms with Crippen molar-refractivity contribution in [2.75, 3.05) is 19.6 Å². The third kappa shape index (κ3) is 5.29. The molecule has 8 heteroatoms. The maximum Gasteiger partial charge on any atom is 0.418 e. The van der Waals surface area contributed by atoms with Gasteiger partial charge in [0.2, 0.25) is 11.8 Å². The standard InChI is InChI=1S/C11H17F3N2O3/c1-4-9(18)16(5-2)6-8(17)15-7-10(3,19)11(12,13)14/h4,19H,1,5-7H2,2-3H3,(H,15,17). The number of hydrogen-bond acceptors (Lipinski definition) is 3. The summed E-state index contributed by atoms with van der Waals surface area (Å²) in [6.45, 7) is 4.26. The van der Waals surface area contributed by atoms with E-state index in [0.717, 1.165) is 11.0 Å². The Morgan fingerprint density at radius 2 is 1.95 bits per heavy atom. The molecule has 0 aliphatic heterocycles. The molecule has 0 saturated heterocycles. The van der Waals surface area contributed by atoms with E-state index >= 15 is 0 Å². The fourth-order valence-corrected chi connectivity index (χ4v) is 1.07. The average molecular weight is 282 g/mol. The van der Waals surface area contributed by atoms with Crippen molar-refractivity contribution in [1.82, 2.24) is 10.2 Å². The Hall–Kier alpha value is -1.57. The number of nitrogens with zero attached hydrogens (tertiary/aromatic N) is 1. The van der Waals surface area contributed by atoms with E-state index in [4.69, 9.17) is 5.11 Å². The van der Waals surface area contributed by atoms with Crippen LogP contribution in [0.4, 0.5) is 13.2 Å². The Bertz CT molecular complexity index is 354. The molecule has 0 bridgehead atoms. The normalized spacial score (nSPS) is 14.4. The highest BCUT2D eigenvalue weighted by Gasteiger charge is 2.49. The highest BCUT2D eigenvalue weighted by molar-refractivity contribution is 5.90. The van der Waals surface area contributed by atoms with Gasteiger partial charge in [0.15, 0.2) is 5.60 Å². The van der Waals surface area contributed by atoms with Crippen LogP contribution in [0.2, 0.25) is 0 Å². The van der Waals surface area contributed by atoms with Crippen molar-refractivity contribution in [1.29, 1.82) is 0 Å². The van der Waals surface area contributed by atoms with Gasteiger partial charge in [0.05, 0.1) is 13.1 Å². The van der Waals surface area contributed by atoms with Crippen LogP contribution in [-0.4, -0.2) is 53.2 Å². The highest BCUT2D eigenvalue weighted by atomic mass is 19.4. The van der Waals surface area contributed by atoms with Crippen LogP contribution in [0.15, 0.2) is 12.7 Å². The number of amides is 2. The molecule has 0 saturated carbocycles. The molecule has 0 fully saturated rings. The maximum atomic E-state index is 12.3. The Morgan fingerprint density at radius 1 is 1.42 bits per heavy atom. The van der Waals surface area contributed by atoms with Crippen LogP contribution in [-0.2, 0) is 9.59 Å². The number of likely N-dealkylation sites (N-methyl/N-ethyl adjacent to an activating group) is 1. The van der Waals surface area contributed by atoms with Crippen molar-refractivity contribution in [3.05, 3.63) is 12.7 Å². The zero-order valence-electron chi connectivity index (χ0n) is 10.8. The second-order valence-electron chi connectivity index (χ2n) is 4.10. The van der Waals surface area contributed by atoms with Crippen LogP contribution in [0.3, 0.4) is 0 Å². The summed E-state index contributed by atoms with van der Waals surface area (Å²) in [5.41, 5.74) is -3.01. The largest absolute Gasteiger partial charge is 0.418 e. The van der Waals surface area contributed by atoms with Crippen LogP contribution < -0.4 is 5.32 Å². The summed E-state index contributed by atoms with van der Waals surface area (Å²) < 4.78 is 36.9. The van der Waals surface area contributed by atoms with E-state index in [1.165, 1.54) is 0 Å². The van der Waals surface area contributed by atoms with Gasteiger partial charge >= 0.3 is 6.18 Å². The van der Waals surface area contributed by atoms with E-state index in [1.807, 2.05) is 5.32 Å². The lowest BCUT2D eigenvalue weighted by Crippen LogP contribution is -2.52. The zero-order valence-corrected chi connectivity index (χ0v) is 10.8. The molecule has 19 heavy (non-hydrogen) atoms. The molecule has 0 aromatic carbocycles. The van der Waals surface area contributed by atoms with Crippen molar-refractivity contribution < 1.29 is 27.9 Å². The first-order chi connectivity index (χ1) is 8.55. The molecule has 1 unspecified atom stereocenters. The van der Waals surface area contributed by atoms with Crippen molar-refractivity contribution in [2.45, 2.75) is 25.6 Å². The molecule has 0 spiro atoms. The first kappa shape index (κ1) is 17.4. The fraction of sp³-hybridized carbons (Fsp3) is 0.636. The van der Waals surface area contributed by atoms with E-state index in [-0.39, 0.29) is 6.54 Å². The molecule has 0 aliphatic carbocycles. The first-order valence-corrected chi connectivity index (χ1v) is 5.52. The second kappa shape index (κ2) is 6.55. The molecule has 0 heterocycles. The summed E-state index contributed by atoms with van der Waals surface area (Å²) in [7, 11) is 0. The van der Waals surface area contributed by atoms with Gasteiger partial charge in [0.25, 0.3) is 0 Å². The van der Waals surface area contributed by atoms with Crippen molar-refractivity contribution >= 4 is 11.8 Å². The average Bonchev–Trinajstić information content (AvgIpc) is 2.31. The molecule has 110 valence electrons. The quantitative estimate of drug-likeness (QED) is 0.695. The minimum Gasteiger partial charge on any atom is -0.379 e. The van der Waals surface area contributed by atoms with Crippen molar-refractivity contribution in [3.63, 3.8) is 0 Å². The third-order valence-corrected chi connectivity index (χ3v) is 2.44. The minimum absolute atomic E-state index is 0.216. The van der Waals surface area contributed by atoms with Gasteiger partial charge in [-0.05, 0) is 19.9 Å². The molecule has 2 amide bonds. The SMILES string of the molecule is C=CC(=O)N(CC)CC(=O)NCC(C)(O)C(F)(F)F. The predicted octanol–water partition coefficient (Wildman–Crippen LogP) is 0.450. The summed E-state index contributed by atoms with van der Waals surface area (Å²) in [4.78, 5) is 23.7. The van der Waals surface area contributed by atoms with E-state index in [9.17, 15) is 22.8 Å². The minimum atomic E-state index is -4.85. The number of nitrogens with one attached hydrogen (secondary N) is 1. The number of carbonyl (C=O) groups excluding carboxylic acids is 2. The fourth-order valence-electron chi connectivity index (χ4n) is 1.07. The Kier molecular flexibility index (Phi) is 6.01. The molecule has 1 atom stereocenters. The monoisotopic (exact) mass is 282 g/mol. The predicted molar refractivity (Wildman–Crippen MR) is 62.1 cm³/mol. The molecule has 0 aromatic rings. The van der Waals surface area contributed by atoms with E-state index < -0.39 is 36.7 Å². The van der Waals surface area contributed by atoms with Gasteiger partial charge in [-0.2, -0.15) is 13.2 Å². The molecular formula is C11H17F3N2O3. The molecule has 0 radical (unpaired) electrons. The molecule has 2 N–H and O–H groups in total. The maximum absolute atomic E-state index is 12.3. The van der Waals surface area contributed by atoms with Crippen LogP contribution in [0, 0.1) is 0 Å². The third-order valence-electron chi connectivity index (χ3n) is 2.44. The van der Waals surface area contributed by atoms with Crippen LogP contribution >= 0.6 is 0 Å². The van der Waals surface area contributed by atoms with E-state index in [1.54, 1.807) is 6.92 Å². The van der Waals surface area contributed by atoms with E-state index in [0.29, 0.717) is 6.92 Å². The summed E-state index contributed by atoms with van der Waals surface area (Å²) in [5.74, 6) is -1.29. The summed E-state index contributed by atoms with van der Waals surface area (Å²) >= 11 is 0. The molecule has 0 rings (SSSR count). The number of hydrogen-bond donors (Lipinski definition) is 2. The number of rotatable bonds is 6. The number of aliphatic hydroxyl groups is 1. The topological polar surface area (TPSA) is 69.6 Å². The van der Waals surface area contributed by atoms with Crippen LogP contribution in [0.5, 0.6) is 0 Å². The molecule has 5 nitrogen and oxygen atoms in total. The van der Waals surface area contributed by atoms with Crippen LogP contribution in [0.1, 0.15) is 13.8 Å². The Labute approximate surface area is 109 Å². The Morgan fingerprint density at radius 3 is 2.32 bits per heavy atom. The summed E-state index contributed by atoms with van der Waals surface area (Å²) in [5, 5.41) is 11.0. The van der Waals surface area contributed by atoms with E-state index in [2.05, 4.69) is 6.58 Å². The molecular weight excluding hydrogens is 265 g/mol. The van der Waals surface area contributed by atoms with Gasteiger partial charge in [-0.3, -0.25) is 9.59 Å². The zero-order chi connectivity index (χ0) is 15.3. The van der Waals surface area contributed by atoms with Crippen LogP contribution in [0.25, 0.3) is 0 Å². The first-order valence-electron chi connectivity index (χ1n) is 5.52. The van der Waals surface area contributed by atoms with Gasteiger partial charge in [0, 0.05) is 6.54 Å². The lowest BCUT2D eigenvalue weighted by molar-refractivity contribution is -0.250. The van der Waals surface area contributed by atoms with Gasteiger partial charge < -0.3 is 15.3 Å². The molecule has 0 aromatic heterocycles. The number of alkyl halides is 3. The van der Waals surface area contributed by atoms with Gasteiger partial charge in [-0.25, -0.2) is 0 Å². The number of halogens is 3. The Balaban J connectivity index is 4.41. The lowest BCUT2D eigenvalue weighted by atomic mass is 10.1. The summed E-state index contributed by atoms with van der Waals surface area (Å²) in [6.07, 6.45) is -3.84. The van der Waals surface area contributed by atoms with Gasteiger partial charge in [-0.15, -0.1) is 0 Å². The lowest BCUT2D eigenvalue weighted by Gasteiger charge is -2.27. The van der Waals surface area contributed by atoms with Crippen molar-refractivity contribution in [2.24, 2.45) is 0 Å². The highest BCUT2D eigenvalue weighted by Crippen LogP contribution is 2.29. The molecule has 0 aliphatic rings. The number of carbonyl (C=O) groups is 2. The summed E-state index contributed by atoms with van der Waals surface area (Å²) in [6, 6.07) is 0. The van der Waals surface area contributed by atoms with Crippen molar-refractivity contribution in [3.8, 4) is 0 Å². The smallest absolute Gasteiger partial charge is 0.379 e. The van der Waals surface area contributed by atoms with Gasteiger partial charge in [-0.1, -0.05) is 6.58 Å². The van der Waals surface area contributed by atoms with Gasteiger partial charge in [0.1, 0.15) is 0 Å².